The van der Waals surface area contributed by atoms with E-state index in [9.17, 15) is 14.4 Å². The molecule has 2 heterocycles. The molecule has 1 aromatic heterocycles. The Hall–Kier alpha value is -3.11. The van der Waals surface area contributed by atoms with Crippen molar-refractivity contribution in [2.24, 2.45) is 5.84 Å². The van der Waals surface area contributed by atoms with Crippen LogP contribution in [0.5, 0.6) is 0 Å². The van der Waals surface area contributed by atoms with Crippen molar-refractivity contribution in [2.75, 3.05) is 18.5 Å². The third kappa shape index (κ3) is 6.21. The summed E-state index contributed by atoms with van der Waals surface area (Å²) in [6.07, 6.45) is 1.55. The molecule has 0 aliphatic carbocycles. The Morgan fingerprint density at radius 3 is 2.66 bits per heavy atom. The van der Waals surface area contributed by atoms with E-state index < -0.39 is 5.60 Å². The van der Waals surface area contributed by atoms with E-state index >= 15 is 0 Å². The molecular weight excluding hydrogens is 430 g/mol. The maximum atomic E-state index is 13.1. The van der Waals surface area contributed by atoms with E-state index in [2.05, 4.69) is 10.7 Å². The van der Waals surface area contributed by atoms with Crippen molar-refractivity contribution in [1.82, 2.24) is 15.3 Å². The lowest BCUT2D eigenvalue weighted by atomic mass is 10.1. The first-order valence-corrected chi connectivity index (χ1v) is 11.2. The molecule has 32 heavy (non-hydrogen) atoms. The first-order chi connectivity index (χ1) is 15.2. The van der Waals surface area contributed by atoms with Gasteiger partial charge in [0.15, 0.2) is 0 Å². The van der Waals surface area contributed by atoms with E-state index in [0.717, 1.165) is 28.4 Å². The molecule has 0 radical (unpaired) electrons. The summed E-state index contributed by atoms with van der Waals surface area (Å²) in [7, 11) is 0. The van der Waals surface area contributed by atoms with Crippen LogP contribution in [0, 0.1) is 0 Å². The summed E-state index contributed by atoms with van der Waals surface area (Å²) in [6.45, 7) is 6.43. The molecule has 3 amide bonds. The molecule has 4 N–H and O–H groups in total. The number of amides is 3. The van der Waals surface area contributed by atoms with E-state index in [0.29, 0.717) is 30.1 Å². The molecular formula is C22H29N5O4S. The van der Waals surface area contributed by atoms with Crippen molar-refractivity contribution in [3.63, 3.8) is 0 Å². The molecule has 2 aromatic rings. The summed E-state index contributed by atoms with van der Waals surface area (Å²) in [5.41, 5.74) is 3.48. The van der Waals surface area contributed by atoms with Crippen molar-refractivity contribution in [3.05, 3.63) is 42.0 Å². The Morgan fingerprint density at radius 2 is 2.00 bits per heavy atom. The molecule has 3 rings (SSSR count). The van der Waals surface area contributed by atoms with Gasteiger partial charge in [-0.15, -0.1) is 11.3 Å². The second kappa shape index (κ2) is 10.0. The predicted octanol–water partition coefficient (Wildman–Crippen LogP) is 3.20. The number of nitrogens with one attached hydrogen (secondary N) is 2. The number of hydrogen-bond acceptors (Lipinski definition) is 7. The van der Waals surface area contributed by atoms with Crippen LogP contribution in [-0.4, -0.2) is 53.2 Å². The lowest BCUT2D eigenvalue weighted by Gasteiger charge is -2.34. The van der Waals surface area contributed by atoms with Crippen LogP contribution in [0.25, 0.3) is 10.4 Å². The monoisotopic (exact) mass is 459 g/mol. The van der Waals surface area contributed by atoms with Crippen LogP contribution in [0.1, 0.15) is 44.0 Å². The highest BCUT2D eigenvalue weighted by Crippen LogP contribution is 2.35. The molecule has 1 saturated heterocycles. The normalized spacial score (nSPS) is 16.2. The highest BCUT2D eigenvalue weighted by Gasteiger charge is 2.29. The largest absolute Gasteiger partial charge is 0.444 e. The van der Waals surface area contributed by atoms with Gasteiger partial charge in [0.05, 0.1) is 5.56 Å². The van der Waals surface area contributed by atoms with Crippen molar-refractivity contribution < 1.29 is 19.1 Å². The van der Waals surface area contributed by atoms with Crippen molar-refractivity contribution in [2.45, 2.75) is 45.3 Å². The van der Waals surface area contributed by atoms with E-state index in [1.165, 1.54) is 11.3 Å². The summed E-state index contributed by atoms with van der Waals surface area (Å²) in [6, 6.07) is 11.2. The molecule has 1 fully saturated rings. The second-order valence-corrected chi connectivity index (χ2v) is 9.64. The lowest BCUT2D eigenvalue weighted by Crippen LogP contribution is -2.50. The molecule has 1 atom stereocenters. The van der Waals surface area contributed by atoms with Gasteiger partial charge in [0.25, 0.3) is 5.91 Å². The van der Waals surface area contributed by atoms with Gasteiger partial charge in [-0.1, -0.05) is 30.3 Å². The average Bonchev–Trinajstić information content (AvgIpc) is 3.17. The van der Waals surface area contributed by atoms with Crippen LogP contribution in [-0.2, 0) is 9.53 Å². The number of carbonyl (C=O) groups excluding carboxylic acids is 3. The SMILES string of the molecule is CC(C)(C)OC(=O)N1CCC[C@H](NC(=O)c2cc(-c3ccccc3)sc2NN(N)C=O)C1. The fourth-order valence-corrected chi connectivity index (χ4v) is 4.44. The second-order valence-electron chi connectivity index (χ2n) is 8.58. The van der Waals surface area contributed by atoms with Crippen LogP contribution in [0.2, 0.25) is 0 Å². The van der Waals surface area contributed by atoms with Gasteiger partial charge in [0.2, 0.25) is 6.41 Å². The maximum Gasteiger partial charge on any atom is 0.410 e. The number of hydrogen-bond donors (Lipinski definition) is 3. The van der Waals surface area contributed by atoms with Crippen LogP contribution in [0.3, 0.4) is 0 Å². The first kappa shape index (κ1) is 23.6. The van der Waals surface area contributed by atoms with E-state index in [1.807, 2.05) is 51.1 Å². The Balaban J connectivity index is 1.75. The Morgan fingerprint density at radius 1 is 1.28 bits per heavy atom. The summed E-state index contributed by atoms with van der Waals surface area (Å²) in [5.74, 6) is 5.27. The number of piperidine rings is 1. The Kier molecular flexibility index (Phi) is 7.37. The topological polar surface area (TPSA) is 117 Å². The lowest BCUT2D eigenvalue weighted by molar-refractivity contribution is -0.117. The molecule has 0 bridgehead atoms. The van der Waals surface area contributed by atoms with Gasteiger partial charge in [-0.2, -0.15) is 5.12 Å². The minimum Gasteiger partial charge on any atom is -0.444 e. The maximum absolute atomic E-state index is 13.1. The zero-order chi connectivity index (χ0) is 23.3. The van der Waals surface area contributed by atoms with Crippen molar-refractivity contribution >= 4 is 34.7 Å². The number of hydrazine groups is 2. The van der Waals surface area contributed by atoms with Gasteiger partial charge < -0.3 is 15.0 Å². The quantitative estimate of drug-likeness (QED) is 0.264. The number of nitrogens with two attached hydrogens (primary N) is 1. The summed E-state index contributed by atoms with van der Waals surface area (Å²) < 4.78 is 5.46. The Labute approximate surface area is 191 Å². The van der Waals surface area contributed by atoms with Crippen LogP contribution < -0.4 is 16.6 Å². The highest BCUT2D eigenvalue weighted by molar-refractivity contribution is 7.19. The first-order valence-electron chi connectivity index (χ1n) is 10.4. The average molecular weight is 460 g/mol. The van der Waals surface area contributed by atoms with Gasteiger partial charge in [0.1, 0.15) is 10.6 Å². The molecule has 10 heteroatoms. The fourth-order valence-electron chi connectivity index (χ4n) is 3.38. The van der Waals surface area contributed by atoms with Crippen LogP contribution in [0.4, 0.5) is 9.80 Å². The number of thiophene rings is 1. The summed E-state index contributed by atoms with van der Waals surface area (Å²) >= 11 is 1.32. The molecule has 0 unspecified atom stereocenters. The summed E-state index contributed by atoms with van der Waals surface area (Å²) in [4.78, 5) is 39.0. The molecule has 0 spiro atoms. The van der Waals surface area contributed by atoms with E-state index in [1.54, 1.807) is 11.0 Å². The van der Waals surface area contributed by atoms with Crippen LogP contribution >= 0.6 is 11.3 Å². The molecule has 9 nitrogen and oxygen atoms in total. The summed E-state index contributed by atoms with van der Waals surface area (Å²) in [5, 5.41) is 4.23. The Bertz CT molecular complexity index is 957. The molecule has 0 saturated carbocycles. The minimum atomic E-state index is -0.578. The number of nitrogens with zero attached hydrogens (tertiary/aromatic N) is 2. The highest BCUT2D eigenvalue weighted by atomic mass is 32.1. The minimum absolute atomic E-state index is 0.211. The molecule has 172 valence electrons. The number of ether oxygens (including phenoxy) is 1. The van der Waals surface area contributed by atoms with Crippen molar-refractivity contribution in [1.29, 1.82) is 0 Å². The number of benzene rings is 1. The van der Waals surface area contributed by atoms with Gasteiger partial charge in [-0.3, -0.25) is 15.0 Å². The number of anilines is 1. The smallest absolute Gasteiger partial charge is 0.410 e. The molecule has 1 aliphatic heterocycles. The van der Waals surface area contributed by atoms with Crippen molar-refractivity contribution in [3.8, 4) is 10.4 Å². The third-order valence-corrected chi connectivity index (χ3v) is 5.88. The number of likely N-dealkylation sites (tertiary alicyclic amines) is 1. The molecule has 1 aromatic carbocycles. The van der Waals surface area contributed by atoms with Gasteiger partial charge in [0, 0.05) is 24.0 Å². The molecule has 1 aliphatic rings. The van der Waals surface area contributed by atoms with Gasteiger partial charge in [-0.05, 0) is 45.2 Å². The van der Waals surface area contributed by atoms with Crippen LogP contribution in [0.15, 0.2) is 36.4 Å². The van der Waals surface area contributed by atoms with E-state index in [4.69, 9.17) is 10.6 Å². The zero-order valence-corrected chi connectivity index (χ0v) is 19.3. The predicted molar refractivity (Wildman–Crippen MR) is 124 cm³/mol. The van der Waals surface area contributed by atoms with E-state index in [-0.39, 0.29) is 18.0 Å². The number of carbonyl (C=O) groups is 3. The van der Waals surface area contributed by atoms with Gasteiger partial charge in [-0.25, -0.2) is 10.6 Å². The fraction of sp³-hybridized carbons (Fsp3) is 0.409. The standard InChI is InChI=1S/C22H29N5O4S/c1-22(2,3)31-21(30)26-11-7-10-16(13-26)24-19(29)17-12-18(15-8-5-4-6-9-15)32-20(17)25-27(23)14-28/h4-6,8-9,12,14,16,25H,7,10-11,13,23H2,1-3H3,(H,24,29)/t16-/m0/s1. The third-order valence-electron chi connectivity index (χ3n) is 4.79. The number of rotatable bonds is 6. The van der Waals surface area contributed by atoms with Gasteiger partial charge >= 0.3 is 6.09 Å². The zero-order valence-electron chi connectivity index (χ0n) is 18.5.